The van der Waals surface area contributed by atoms with Crippen molar-refractivity contribution in [1.29, 1.82) is 0 Å². The van der Waals surface area contributed by atoms with Crippen molar-refractivity contribution >= 4 is 0 Å². The van der Waals surface area contributed by atoms with Crippen LogP contribution in [0.2, 0.25) is 0 Å². The van der Waals surface area contributed by atoms with Gasteiger partial charge in [-0.25, -0.2) is 8.78 Å². The third-order valence-corrected chi connectivity index (χ3v) is 1.57. The van der Waals surface area contributed by atoms with Crippen LogP contribution in [0.15, 0.2) is 12.1 Å². The van der Waals surface area contributed by atoms with Gasteiger partial charge in [0.1, 0.15) is 11.6 Å². The summed E-state index contributed by atoms with van der Waals surface area (Å²) in [6.45, 7) is 1.61. The van der Waals surface area contributed by atoms with Gasteiger partial charge in [-0.2, -0.15) is 0 Å². The Morgan fingerprint density at radius 1 is 1.25 bits per heavy atom. The molecule has 0 aliphatic rings. The van der Waals surface area contributed by atoms with Crippen LogP contribution in [0.3, 0.4) is 0 Å². The predicted octanol–water partition coefficient (Wildman–Crippen LogP) is 2.42. The summed E-state index contributed by atoms with van der Waals surface area (Å²) in [5.74, 6) is -1.09. The Labute approximate surface area is 70.0 Å². The number of benzene rings is 1. The van der Waals surface area contributed by atoms with E-state index in [1.54, 1.807) is 6.92 Å². The lowest BCUT2D eigenvalue weighted by Crippen LogP contribution is -1.98. The monoisotopic (exact) mass is 172 g/mol. The van der Waals surface area contributed by atoms with Crippen LogP contribution < -0.4 is 0 Å². The van der Waals surface area contributed by atoms with Crippen molar-refractivity contribution in [3.05, 3.63) is 34.9 Å². The highest BCUT2D eigenvalue weighted by molar-refractivity contribution is 5.24. The van der Waals surface area contributed by atoms with E-state index in [2.05, 4.69) is 4.74 Å². The van der Waals surface area contributed by atoms with Gasteiger partial charge in [0, 0.05) is 12.7 Å². The van der Waals surface area contributed by atoms with Gasteiger partial charge in [-0.15, -0.1) is 0 Å². The van der Waals surface area contributed by atoms with Crippen molar-refractivity contribution in [3.8, 4) is 0 Å². The fraction of sp³-hybridized carbons (Fsp3) is 0.333. The zero-order valence-corrected chi connectivity index (χ0v) is 7.03. The zero-order chi connectivity index (χ0) is 9.14. The first kappa shape index (κ1) is 9.13. The van der Waals surface area contributed by atoms with E-state index in [-0.39, 0.29) is 12.2 Å². The summed E-state index contributed by atoms with van der Waals surface area (Å²) in [7, 11) is 1.40. The van der Waals surface area contributed by atoms with Gasteiger partial charge in [0.05, 0.1) is 6.61 Å². The lowest BCUT2D eigenvalue weighted by atomic mass is 10.1. The highest BCUT2D eigenvalue weighted by Gasteiger charge is 2.08. The summed E-state index contributed by atoms with van der Waals surface area (Å²) in [6.07, 6.45) is 0. The van der Waals surface area contributed by atoms with E-state index >= 15 is 0 Å². The van der Waals surface area contributed by atoms with Gasteiger partial charge >= 0.3 is 0 Å². The second kappa shape index (κ2) is 3.63. The minimum atomic E-state index is -0.547. The summed E-state index contributed by atoms with van der Waals surface area (Å²) in [4.78, 5) is 0. The summed E-state index contributed by atoms with van der Waals surface area (Å²) >= 11 is 0. The molecule has 0 unspecified atom stereocenters. The van der Waals surface area contributed by atoms with Crippen molar-refractivity contribution in [3.63, 3.8) is 0 Å². The fourth-order valence-corrected chi connectivity index (χ4v) is 1.01. The zero-order valence-electron chi connectivity index (χ0n) is 7.03. The number of halogens is 2. The van der Waals surface area contributed by atoms with Crippen LogP contribution >= 0.6 is 0 Å². The summed E-state index contributed by atoms with van der Waals surface area (Å²) in [6, 6.07) is 2.58. The van der Waals surface area contributed by atoms with E-state index in [4.69, 9.17) is 0 Å². The molecule has 0 N–H and O–H groups in total. The average molecular weight is 172 g/mol. The third kappa shape index (κ3) is 1.80. The largest absolute Gasteiger partial charge is 0.380 e. The second-order valence-corrected chi connectivity index (χ2v) is 2.64. The molecule has 1 nitrogen and oxygen atoms in total. The first-order chi connectivity index (χ1) is 5.65. The topological polar surface area (TPSA) is 9.23 Å². The smallest absolute Gasteiger partial charge is 0.131 e. The Morgan fingerprint density at radius 3 is 2.17 bits per heavy atom. The van der Waals surface area contributed by atoms with E-state index in [9.17, 15) is 8.78 Å². The van der Waals surface area contributed by atoms with Crippen LogP contribution in [-0.2, 0) is 11.3 Å². The first-order valence-electron chi connectivity index (χ1n) is 3.58. The van der Waals surface area contributed by atoms with Gasteiger partial charge in [0.25, 0.3) is 0 Å². The van der Waals surface area contributed by atoms with E-state index in [1.165, 1.54) is 19.2 Å². The fourth-order valence-electron chi connectivity index (χ4n) is 1.01. The lowest BCUT2D eigenvalue weighted by Gasteiger charge is -2.04. The maximum Gasteiger partial charge on any atom is 0.131 e. The molecule has 0 spiro atoms. The molecule has 1 aromatic rings. The van der Waals surface area contributed by atoms with E-state index in [1.807, 2.05) is 0 Å². The van der Waals surface area contributed by atoms with Crippen molar-refractivity contribution < 1.29 is 13.5 Å². The molecule has 0 radical (unpaired) electrons. The van der Waals surface area contributed by atoms with Gasteiger partial charge in [-0.05, 0) is 24.6 Å². The molecule has 0 atom stereocenters. The van der Waals surface area contributed by atoms with Gasteiger partial charge in [0.15, 0.2) is 0 Å². The highest BCUT2D eigenvalue weighted by Crippen LogP contribution is 2.15. The molecule has 0 heterocycles. The van der Waals surface area contributed by atoms with Gasteiger partial charge in [0.2, 0.25) is 0 Å². The molecule has 0 bridgehead atoms. The van der Waals surface area contributed by atoms with Crippen molar-refractivity contribution in [2.45, 2.75) is 13.5 Å². The van der Waals surface area contributed by atoms with Crippen LogP contribution in [0.4, 0.5) is 8.78 Å². The quantitative estimate of drug-likeness (QED) is 0.665. The molecular weight excluding hydrogens is 162 g/mol. The van der Waals surface area contributed by atoms with E-state index < -0.39 is 11.6 Å². The molecular formula is C9H10F2O. The number of aryl methyl sites for hydroxylation is 1. The normalized spacial score (nSPS) is 10.3. The van der Waals surface area contributed by atoms with Crippen LogP contribution in [0.5, 0.6) is 0 Å². The molecule has 0 fully saturated rings. The predicted molar refractivity (Wildman–Crippen MR) is 41.8 cm³/mol. The Hall–Kier alpha value is -0.960. The SMILES string of the molecule is COCc1c(F)cc(C)cc1F. The molecule has 0 amide bonds. The van der Waals surface area contributed by atoms with Gasteiger partial charge in [-0.3, -0.25) is 0 Å². The first-order valence-corrected chi connectivity index (χ1v) is 3.58. The minimum Gasteiger partial charge on any atom is -0.380 e. The van der Waals surface area contributed by atoms with Gasteiger partial charge in [-0.1, -0.05) is 0 Å². The summed E-state index contributed by atoms with van der Waals surface area (Å²) < 4.78 is 30.6. The van der Waals surface area contributed by atoms with E-state index in [0.29, 0.717) is 5.56 Å². The average Bonchev–Trinajstić information content (AvgIpc) is 1.96. The van der Waals surface area contributed by atoms with Crippen LogP contribution in [-0.4, -0.2) is 7.11 Å². The Balaban J connectivity index is 3.10. The molecule has 66 valence electrons. The molecule has 0 aliphatic carbocycles. The molecule has 0 saturated heterocycles. The number of hydrogen-bond donors (Lipinski definition) is 0. The third-order valence-electron chi connectivity index (χ3n) is 1.57. The van der Waals surface area contributed by atoms with Crippen LogP contribution in [0, 0.1) is 18.6 Å². The number of ether oxygens (including phenoxy) is 1. The van der Waals surface area contributed by atoms with Crippen LogP contribution in [0.25, 0.3) is 0 Å². The van der Waals surface area contributed by atoms with E-state index in [0.717, 1.165) is 0 Å². The summed E-state index contributed by atoms with van der Waals surface area (Å²) in [5.41, 5.74) is 0.563. The van der Waals surface area contributed by atoms with Crippen LogP contribution in [0.1, 0.15) is 11.1 Å². The Bertz CT molecular complexity index is 261. The molecule has 12 heavy (non-hydrogen) atoms. The number of methoxy groups -OCH3 is 1. The van der Waals surface area contributed by atoms with Crippen molar-refractivity contribution in [1.82, 2.24) is 0 Å². The highest BCUT2D eigenvalue weighted by atomic mass is 19.1. The molecule has 0 saturated carbocycles. The number of hydrogen-bond acceptors (Lipinski definition) is 1. The Morgan fingerprint density at radius 2 is 1.75 bits per heavy atom. The molecule has 1 rings (SSSR count). The Kier molecular flexibility index (Phi) is 2.76. The molecule has 3 heteroatoms. The maximum absolute atomic E-state index is 13.0. The van der Waals surface area contributed by atoms with Crippen molar-refractivity contribution in [2.24, 2.45) is 0 Å². The molecule has 0 aliphatic heterocycles. The minimum absolute atomic E-state index is 0.0110. The molecule has 0 aromatic heterocycles. The standard InChI is InChI=1S/C9H10F2O/c1-6-3-8(10)7(5-12-2)9(11)4-6/h3-4H,5H2,1-2H3. The maximum atomic E-state index is 13.0. The second-order valence-electron chi connectivity index (χ2n) is 2.64. The number of rotatable bonds is 2. The summed E-state index contributed by atoms with van der Waals surface area (Å²) in [5, 5.41) is 0. The van der Waals surface area contributed by atoms with Crippen molar-refractivity contribution in [2.75, 3.05) is 7.11 Å². The lowest BCUT2D eigenvalue weighted by molar-refractivity contribution is 0.177. The molecule has 1 aromatic carbocycles. The van der Waals surface area contributed by atoms with Gasteiger partial charge < -0.3 is 4.74 Å².